The third-order valence-electron chi connectivity index (χ3n) is 3.31. The second-order valence-corrected chi connectivity index (χ2v) is 20.6. The fraction of sp³-hybridized carbons (Fsp3) is 0.857. The lowest BCUT2D eigenvalue weighted by Gasteiger charge is -2.44. The van der Waals surface area contributed by atoms with Gasteiger partial charge in [0.2, 0.25) is 0 Å². The summed E-state index contributed by atoms with van der Waals surface area (Å²) in [4.78, 5) is 0. The van der Waals surface area contributed by atoms with Gasteiger partial charge in [-0.05, 0) is 16.4 Å². The Morgan fingerprint density at radius 2 is 0.900 bits per heavy atom. The van der Waals surface area contributed by atoms with Crippen LogP contribution in [0.5, 0.6) is 0 Å². The second-order valence-electron chi connectivity index (χ2n) is 8.09. The summed E-state index contributed by atoms with van der Waals surface area (Å²) in [6.45, 7) is 24.1. The van der Waals surface area contributed by atoms with E-state index in [0.717, 1.165) is 0 Å². The fourth-order valence-electron chi connectivity index (χ4n) is 3.01. The largest absolute Gasteiger partial charge is 0.286 e. The SMILES string of the molecule is CC(C)N(C1=PC(N(C(C)C)[Si](C)(C)C)=P1)[Si](C)(C)C. The lowest BCUT2D eigenvalue weighted by atomic mass is 10.4. The van der Waals surface area contributed by atoms with Crippen LogP contribution < -0.4 is 0 Å². The van der Waals surface area contributed by atoms with Gasteiger partial charge in [0.15, 0.2) is 0 Å². The first-order chi connectivity index (χ1) is 8.85. The van der Waals surface area contributed by atoms with Crippen LogP contribution in [0, 0.1) is 0 Å². The summed E-state index contributed by atoms with van der Waals surface area (Å²) < 4.78 is 5.48. The lowest BCUT2D eigenvalue weighted by molar-refractivity contribution is 0.513. The molecular weight excluding hydrogens is 314 g/mol. The molecule has 0 radical (unpaired) electrons. The van der Waals surface area contributed by atoms with Crippen molar-refractivity contribution in [2.75, 3.05) is 0 Å². The fourth-order valence-corrected chi connectivity index (χ4v) is 14.1. The van der Waals surface area contributed by atoms with Crippen molar-refractivity contribution in [1.82, 2.24) is 9.13 Å². The van der Waals surface area contributed by atoms with Crippen molar-refractivity contribution in [3.63, 3.8) is 0 Å². The minimum Gasteiger partial charge on any atom is -0.286 e. The standard InChI is InChI=1S/C14H32N2P2Si2/c1-11(2)15(19(5,6)7)13-17-14(18-13)16(12(3)4)20(8,9)10/h11-12H,1-10H3. The Balaban J connectivity index is 2.94. The molecule has 0 unspecified atom stereocenters. The second kappa shape index (κ2) is 6.44. The topological polar surface area (TPSA) is 6.48 Å². The quantitative estimate of drug-likeness (QED) is 0.484. The first-order valence-electron chi connectivity index (χ1n) is 7.61. The van der Waals surface area contributed by atoms with Crippen LogP contribution in [-0.2, 0) is 0 Å². The van der Waals surface area contributed by atoms with Gasteiger partial charge >= 0.3 is 0 Å². The van der Waals surface area contributed by atoms with E-state index in [1.807, 2.05) is 0 Å². The third kappa shape index (κ3) is 4.35. The molecule has 0 spiro atoms. The average Bonchev–Trinajstić information content (AvgIpc) is 2.07. The molecule has 0 saturated heterocycles. The maximum atomic E-state index is 2.74. The van der Waals surface area contributed by atoms with Crippen LogP contribution in [-0.4, -0.2) is 48.0 Å². The highest BCUT2D eigenvalue weighted by Gasteiger charge is 2.36. The zero-order chi connectivity index (χ0) is 15.9. The van der Waals surface area contributed by atoms with Gasteiger partial charge in [0.25, 0.3) is 0 Å². The normalized spacial score (nSPS) is 18.5. The Labute approximate surface area is 131 Å². The highest BCUT2D eigenvalue weighted by atomic mass is 31.1. The molecule has 1 aliphatic heterocycles. The number of hydrogen-bond acceptors (Lipinski definition) is 2. The van der Waals surface area contributed by atoms with Crippen molar-refractivity contribution in [2.24, 2.45) is 0 Å². The molecule has 0 saturated carbocycles. The van der Waals surface area contributed by atoms with E-state index in [9.17, 15) is 0 Å². The van der Waals surface area contributed by atoms with Gasteiger partial charge in [0, 0.05) is 12.1 Å². The maximum Gasteiger partial charge on any atom is 0.125 e. The van der Waals surface area contributed by atoms with Crippen molar-refractivity contribution >= 4 is 43.2 Å². The molecule has 6 heteroatoms. The summed E-state index contributed by atoms with van der Waals surface area (Å²) in [6.07, 6.45) is 0. The Morgan fingerprint density at radius 3 is 1.05 bits per heavy atom. The van der Waals surface area contributed by atoms with Gasteiger partial charge in [-0.2, -0.15) is 0 Å². The van der Waals surface area contributed by atoms with E-state index >= 15 is 0 Å². The molecule has 1 heterocycles. The summed E-state index contributed by atoms with van der Waals surface area (Å²) >= 11 is 0. The molecule has 1 aliphatic rings. The average molecular weight is 347 g/mol. The molecule has 0 N–H and O–H groups in total. The van der Waals surface area contributed by atoms with Crippen molar-refractivity contribution < 1.29 is 0 Å². The van der Waals surface area contributed by atoms with E-state index in [1.54, 1.807) is 10.3 Å². The van der Waals surface area contributed by atoms with Gasteiger partial charge in [0.05, 0.1) is 10.3 Å². The zero-order valence-electron chi connectivity index (χ0n) is 14.9. The maximum absolute atomic E-state index is 2.74. The molecule has 20 heavy (non-hydrogen) atoms. The van der Waals surface area contributed by atoms with Gasteiger partial charge in [-0.1, -0.05) is 67.0 Å². The van der Waals surface area contributed by atoms with Crippen molar-refractivity contribution in [3.8, 4) is 0 Å². The smallest absolute Gasteiger partial charge is 0.125 e. The van der Waals surface area contributed by atoms with Crippen LogP contribution >= 0.6 is 16.4 Å². The molecule has 0 aromatic rings. The summed E-state index contributed by atoms with van der Waals surface area (Å²) in [5.74, 6) is 0. The predicted molar refractivity (Wildman–Crippen MR) is 104 cm³/mol. The molecule has 2 nitrogen and oxygen atoms in total. The van der Waals surface area contributed by atoms with E-state index < -0.39 is 16.5 Å². The highest BCUT2D eigenvalue weighted by Crippen LogP contribution is 2.39. The summed E-state index contributed by atoms with van der Waals surface area (Å²) in [7, 11) is 0.465. The van der Waals surface area contributed by atoms with E-state index in [2.05, 4.69) is 76.1 Å². The van der Waals surface area contributed by atoms with Crippen LogP contribution in [0.4, 0.5) is 0 Å². The van der Waals surface area contributed by atoms with Crippen LogP contribution in [0.2, 0.25) is 39.3 Å². The third-order valence-corrected chi connectivity index (χ3v) is 11.3. The minimum absolute atomic E-state index is 0.637. The van der Waals surface area contributed by atoms with Crippen molar-refractivity contribution in [2.45, 2.75) is 79.1 Å². The summed E-state index contributed by atoms with van der Waals surface area (Å²) in [5.41, 5.74) is 0. The molecule has 0 amide bonds. The highest BCUT2D eigenvalue weighted by molar-refractivity contribution is 7.97. The predicted octanol–water partition coefficient (Wildman–Crippen LogP) is 5.16. The van der Waals surface area contributed by atoms with Gasteiger partial charge in [0.1, 0.15) is 16.5 Å². The number of nitrogens with zero attached hydrogens (tertiary/aromatic N) is 2. The molecule has 0 atom stereocenters. The van der Waals surface area contributed by atoms with Crippen LogP contribution in [0.3, 0.4) is 0 Å². The van der Waals surface area contributed by atoms with Crippen LogP contribution in [0.1, 0.15) is 27.7 Å². The van der Waals surface area contributed by atoms with Gasteiger partial charge in [-0.3, -0.25) is 9.13 Å². The molecule has 1 rings (SSSR count). The monoisotopic (exact) mass is 346 g/mol. The van der Waals surface area contributed by atoms with Gasteiger partial charge in [-0.15, -0.1) is 0 Å². The number of rotatable bonds is 6. The van der Waals surface area contributed by atoms with Crippen LogP contribution in [0.15, 0.2) is 0 Å². The first kappa shape index (κ1) is 18.7. The van der Waals surface area contributed by atoms with Gasteiger partial charge in [-0.25, -0.2) is 0 Å². The van der Waals surface area contributed by atoms with E-state index in [0.29, 0.717) is 12.1 Å². The van der Waals surface area contributed by atoms with Crippen molar-refractivity contribution in [3.05, 3.63) is 0 Å². The summed E-state index contributed by atoms with van der Waals surface area (Å²) in [6, 6.07) is 1.27. The Kier molecular flexibility index (Phi) is 6.03. The zero-order valence-corrected chi connectivity index (χ0v) is 18.7. The van der Waals surface area contributed by atoms with Crippen molar-refractivity contribution in [1.29, 1.82) is 0 Å². The van der Waals surface area contributed by atoms with E-state index in [-0.39, 0.29) is 0 Å². The molecule has 0 aromatic heterocycles. The van der Waals surface area contributed by atoms with E-state index in [1.165, 1.54) is 16.4 Å². The Morgan fingerprint density at radius 1 is 0.650 bits per heavy atom. The minimum atomic E-state index is -1.26. The molecule has 0 aromatic carbocycles. The molecular formula is C14H32N2P2Si2. The molecule has 0 aliphatic carbocycles. The molecule has 116 valence electrons. The van der Waals surface area contributed by atoms with Gasteiger partial charge < -0.3 is 0 Å². The molecule has 0 fully saturated rings. The Hall–Kier alpha value is 0.694. The van der Waals surface area contributed by atoms with Crippen LogP contribution in [0.25, 0.3) is 0 Å². The first-order valence-corrected chi connectivity index (χ1v) is 16.3. The molecule has 0 bridgehead atoms. The number of hydrogen-bond donors (Lipinski definition) is 0. The summed E-state index contributed by atoms with van der Waals surface area (Å²) in [5, 5.41) is 3.27. The van der Waals surface area contributed by atoms with E-state index in [4.69, 9.17) is 0 Å². The lowest BCUT2D eigenvalue weighted by Crippen LogP contribution is -2.55. The Bertz CT molecular complexity index is 372.